The summed E-state index contributed by atoms with van der Waals surface area (Å²) in [7, 11) is 1.89. The Balaban J connectivity index is 2.23. The van der Waals surface area contributed by atoms with E-state index in [1.165, 1.54) is 0 Å². The minimum atomic E-state index is 0.0395. The van der Waals surface area contributed by atoms with E-state index in [-0.39, 0.29) is 5.78 Å². The summed E-state index contributed by atoms with van der Waals surface area (Å²) < 4.78 is 3.48. The molecule has 0 saturated carbocycles. The van der Waals surface area contributed by atoms with Gasteiger partial charge in [-0.05, 0) is 20.3 Å². The number of hydrogen-bond donors (Lipinski definition) is 0. The Kier molecular flexibility index (Phi) is 3.78. The van der Waals surface area contributed by atoms with E-state index in [4.69, 9.17) is 0 Å². The third-order valence-electron chi connectivity index (χ3n) is 3.34. The summed E-state index contributed by atoms with van der Waals surface area (Å²) in [4.78, 5) is 12.3. The van der Waals surface area contributed by atoms with Gasteiger partial charge in [-0.15, -0.1) is 5.10 Å². The maximum Gasteiger partial charge on any atom is 0.187 e. The van der Waals surface area contributed by atoms with Crippen LogP contribution in [0.4, 0.5) is 0 Å². The van der Waals surface area contributed by atoms with Crippen molar-refractivity contribution in [2.24, 2.45) is 7.05 Å². The monoisotopic (exact) mass is 261 g/mol. The van der Waals surface area contributed by atoms with Crippen LogP contribution < -0.4 is 0 Å². The first kappa shape index (κ1) is 13.5. The number of aromatic nitrogens is 5. The molecule has 0 amide bonds. The predicted molar refractivity (Wildman–Crippen MR) is 71.0 cm³/mol. The first-order valence-corrected chi connectivity index (χ1v) is 6.45. The number of rotatable bonds is 5. The highest BCUT2D eigenvalue weighted by Crippen LogP contribution is 2.15. The number of carbonyl (C=O) groups excluding carboxylic acids is 1. The van der Waals surface area contributed by atoms with Crippen LogP contribution in [0.3, 0.4) is 0 Å². The third-order valence-corrected chi connectivity index (χ3v) is 3.34. The number of aryl methyl sites for hydroxylation is 3. The average Bonchev–Trinajstić information content (AvgIpc) is 2.91. The van der Waals surface area contributed by atoms with E-state index in [1.54, 1.807) is 15.6 Å². The van der Waals surface area contributed by atoms with Crippen molar-refractivity contribution in [2.45, 2.75) is 40.2 Å². The van der Waals surface area contributed by atoms with Crippen molar-refractivity contribution in [3.8, 4) is 0 Å². The second-order valence-corrected chi connectivity index (χ2v) is 4.72. The van der Waals surface area contributed by atoms with Crippen LogP contribution in [0, 0.1) is 13.8 Å². The van der Waals surface area contributed by atoms with Crippen molar-refractivity contribution in [1.82, 2.24) is 24.8 Å². The number of ketones is 1. The Labute approximate surface area is 112 Å². The maximum absolute atomic E-state index is 12.3. The molecule has 0 aliphatic carbocycles. The molecule has 0 aliphatic rings. The van der Waals surface area contributed by atoms with Crippen molar-refractivity contribution >= 4 is 5.78 Å². The molecule has 6 nitrogen and oxygen atoms in total. The Hall–Kier alpha value is -1.98. The Bertz CT molecular complexity index is 596. The molecule has 0 spiro atoms. The number of nitrogens with zero attached hydrogens (tertiary/aromatic N) is 5. The summed E-state index contributed by atoms with van der Waals surface area (Å²) in [5.41, 5.74) is 3.50. The molecule has 2 rings (SSSR count). The molecular formula is C13H19N5O. The van der Waals surface area contributed by atoms with Crippen LogP contribution in [0.25, 0.3) is 0 Å². The van der Waals surface area contributed by atoms with Crippen LogP contribution in [-0.4, -0.2) is 30.6 Å². The Morgan fingerprint density at radius 3 is 2.68 bits per heavy atom. The molecule has 102 valence electrons. The normalized spacial score (nSPS) is 10.9. The molecule has 0 atom stereocenters. The number of hydrogen-bond acceptors (Lipinski definition) is 4. The second kappa shape index (κ2) is 5.34. The average molecular weight is 261 g/mol. The van der Waals surface area contributed by atoms with Gasteiger partial charge in [0.1, 0.15) is 5.69 Å². The molecule has 19 heavy (non-hydrogen) atoms. The van der Waals surface area contributed by atoms with E-state index in [1.807, 2.05) is 27.8 Å². The van der Waals surface area contributed by atoms with E-state index >= 15 is 0 Å². The summed E-state index contributed by atoms with van der Waals surface area (Å²) in [5, 5.41) is 12.1. The van der Waals surface area contributed by atoms with Crippen LogP contribution in [0.2, 0.25) is 0 Å². The highest BCUT2D eigenvalue weighted by molar-refractivity contribution is 5.95. The first-order chi connectivity index (χ1) is 9.04. The lowest BCUT2D eigenvalue weighted by Crippen LogP contribution is -2.13. The topological polar surface area (TPSA) is 65.6 Å². The molecule has 2 aromatic heterocycles. The minimum Gasteiger partial charge on any atom is -0.292 e. The first-order valence-electron chi connectivity index (χ1n) is 6.45. The van der Waals surface area contributed by atoms with Gasteiger partial charge in [-0.2, -0.15) is 5.10 Å². The molecule has 0 radical (unpaired) electrons. The SMILES string of the molecule is CCCn1nncc1C(=O)Cc1c(C)nn(C)c1C. The van der Waals surface area contributed by atoms with Gasteiger partial charge in [0.15, 0.2) is 5.78 Å². The van der Waals surface area contributed by atoms with Crippen LogP contribution in [-0.2, 0) is 20.0 Å². The van der Waals surface area contributed by atoms with E-state index in [0.29, 0.717) is 18.7 Å². The molecule has 2 heterocycles. The molecule has 0 aromatic carbocycles. The highest BCUT2D eigenvalue weighted by Gasteiger charge is 2.18. The maximum atomic E-state index is 12.3. The largest absolute Gasteiger partial charge is 0.292 e. The quantitative estimate of drug-likeness (QED) is 0.764. The zero-order chi connectivity index (χ0) is 14.0. The van der Waals surface area contributed by atoms with E-state index in [2.05, 4.69) is 15.4 Å². The molecule has 0 saturated heterocycles. The van der Waals surface area contributed by atoms with Crippen LogP contribution >= 0.6 is 0 Å². The van der Waals surface area contributed by atoms with Crippen molar-refractivity contribution in [3.05, 3.63) is 28.8 Å². The number of Topliss-reactive ketones (excluding diaryl/α,β-unsaturated/α-hetero) is 1. The van der Waals surface area contributed by atoms with Crippen molar-refractivity contribution in [2.75, 3.05) is 0 Å². The molecule has 2 aromatic rings. The molecule has 0 unspecified atom stereocenters. The van der Waals surface area contributed by atoms with Gasteiger partial charge in [0.25, 0.3) is 0 Å². The summed E-state index contributed by atoms with van der Waals surface area (Å²) in [6.45, 7) is 6.67. The molecule has 0 fully saturated rings. The van der Waals surface area contributed by atoms with E-state index in [9.17, 15) is 4.79 Å². The van der Waals surface area contributed by atoms with Gasteiger partial charge in [-0.25, -0.2) is 4.68 Å². The van der Waals surface area contributed by atoms with Crippen LogP contribution in [0.15, 0.2) is 6.20 Å². The van der Waals surface area contributed by atoms with Gasteiger partial charge < -0.3 is 0 Å². The fraction of sp³-hybridized carbons (Fsp3) is 0.538. The summed E-state index contributed by atoms with van der Waals surface area (Å²) in [5.74, 6) is 0.0395. The summed E-state index contributed by atoms with van der Waals surface area (Å²) in [6, 6.07) is 0. The van der Waals surface area contributed by atoms with Gasteiger partial charge in [0.2, 0.25) is 0 Å². The van der Waals surface area contributed by atoms with Crippen molar-refractivity contribution in [3.63, 3.8) is 0 Å². The lowest BCUT2D eigenvalue weighted by molar-refractivity contribution is 0.0982. The van der Waals surface area contributed by atoms with Gasteiger partial charge in [-0.1, -0.05) is 12.1 Å². The molecular weight excluding hydrogens is 242 g/mol. The van der Waals surface area contributed by atoms with Gasteiger partial charge >= 0.3 is 0 Å². The lowest BCUT2D eigenvalue weighted by atomic mass is 10.1. The standard InChI is InChI=1S/C13H19N5O/c1-5-6-18-12(8-14-16-18)13(19)7-11-9(2)15-17(4)10(11)3/h8H,5-7H2,1-4H3. The number of carbonyl (C=O) groups is 1. The van der Waals surface area contributed by atoms with Crippen molar-refractivity contribution in [1.29, 1.82) is 0 Å². The second-order valence-electron chi connectivity index (χ2n) is 4.72. The smallest absolute Gasteiger partial charge is 0.187 e. The van der Waals surface area contributed by atoms with Gasteiger partial charge in [0.05, 0.1) is 11.9 Å². The minimum absolute atomic E-state index is 0.0395. The molecule has 6 heteroatoms. The Morgan fingerprint density at radius 1 is 1.37 bits per heavy atom. The third kappa shape index (κ3) is 2.57. The summed E-state index contributed by atoms with van der Waals surface area (Å²) >= 11 is 0. The fourth-order valence-corrected chi connectivity index (χ4v) is 2.18. The Morgan fingerprint density at radius 2 is 2.11 bits per heavy atom. The van der Waals surface area contributed by atoms with Crippen molar-refractivity contribution < 1.29 is 4.79 Å². The highest BCUT2D eigenvalue weighted by atomic mass is 16.1. The summed E-state index contributed by atoms with van der Waals surface area (Å²) in [6.07, 6.45) is 2.82. The van der Waals surface area contributed by atoms with Crippen LogP contribution in [0.1, 0.15) is 40.8 Å². The van der Waals surface area contributed by atoms with Gasteiger partial charge in [-0.3, -0.25) is 9.48 Å². The molecule has 0 aliphatic heterocycles. The van der Waals surface area contributed by atoms with Crippen LogP contribution in [0.5, 0.6) is 0 Å². The van der Waals surface area contributed by atoms with E-state index in [0.717, 1.165) is 23.4 Å². The molecule has 0 bridgehead atoms. The predicted octanol–water partition coefficient (Wildman–Crippen LogP) is 1.46. The van der Waals surface area contributed by atoms with Gasteiger partial charge in [0, 0.05) is 31.3 Å². The zero-order valence-corrected chi connectivity index (χ0v) is 11.8. The lowest BCUT2D eigenvalue weighted by Gasteiger charge is -2.04. The zero-order valence-electron chi connectivity index (χ0n) is 11.8. The van der Waals surface area contributed by atoms with E-state index < -0.39 is 0 Å². The fourth-order valence-electron chi connectivity index (χ4n) is 2.18. The molecule has 0 N–H and O–H groups in total.